The third kappa shape index (κ3) is 2.95. The van der Waals surface area contributed by atoms with Crippen LogP contribution in [0.1, 0.15) is 33.3 Å². The van der Waals surface area contributed by atoms with Crippen molar-refractivity contribution >= 4 is 0 Å². The van der Waals surface area contributed by atoms with Crippen molar-refractivity contribution in [3.8, 4) is 0 Å². The van der Waals surface area contributed by atoms with Crippen molar-refractivity contribution < 1.29 is 5.21 Å². The van der Waals surface area contributed by atoms with E-state index in [0.29, 0.717) is 0 Å². The summed E-state index contributed by atoms with van der Waals surface area (Å²) in [6.45, 7) is 10.0. The molecule has 1 heterocycles. The second kappa shape index (κ2) is 5.32. The molecule has 1 aromatic rings. The Kier molecular flexibility index (Phi) is 4.05. The Balaban J connectivity index is 2.06. The van der Waals surface area contributed by atoms with Gasteiger partial charge in [0, 0.05) is 13.1 Å². The van der Waals surface area contributed by atoms with Crippen LogP contribution in [0.5, 0.6) is 0 Å². The van der Waals surface area contributed by atoms with Gasteiger partial charge in [-0.25, -0.2) is 0 Å². The molecule has 1 N–H and O–H groups in total. The second-order valence-electron chi connectivity index (χ2n) is 6.85. The Morgan fingerprint density at radius 2 is 1.65 bits per heavy atom. The first-order chi connectivity index (χ1) is 9.23. The number of nitrogens with zero attached hydrogens (tertiary/aromatic N) is 2. The molecule has 0 bridgehead atoms. The molecule has 110 valence electrons. The minimum Gasteiger partial charge on any atom is -0.312 e. The van der Waals surface area contributed by atoms with Crippen molar-refractivity contribution in [2.24, 2.45) is 0 Å². The van der Waals surface area contributed by atoms with Crippen molar-refractivity contribution in [2.45, 2.75) is 45.3 Å². The molecule has 1 aliphatic rings. The maximum Gasteiger partial charge on any atom is 0.0635 e. The highest BCUT2D eigenvalue weighted by Gasteiger charge is 2.44. The summed E-state index contributed by atoms with van der Waals surface area (Å²) >= 11 is 0. The third-order valence-electron chi connectivity index (χ3n) is 4.12. The zero-order valence-corrected chi connectivity index (χ0v) is 13.2. The topological polar surface area (TPSA) is 26.7 Å². The molecule has 0 saturated carbocycles. The smallest absolute Gasteiger partial charge is 0.0635 e. The Morgan fingerprint density at radius 1 is 1.05 bits per heavy atom. The van der Waals surface area contributed by atoms with E-state index in [1.165, 1.54) is 16.2 Å². The van der Waals surface area contributed by atoms with E-state index < -0.39 is 0 Å². The summed E-state index contributed by atoms with van der Waals surface area (Å²) in [5.41, 5.74) is 1.97. The molecule has 20 heavy (non-hydrogen) atoms. The number of benzene rings is 1. The van der Waals surface area contributed by atoms with E-state index in [9.17, 15) is 5.21 Å². The van der Waals surface area contributed by atoms with E-state index in [1.807, 2.05) is 19.9 Å². The zero-order chi connectivity index (χ0) is 15.0. The van der Waals surface area contributed by atoms with Gasteiger partial charge in [0.25, 0.3) is 0 Å². The minimum atomic E-state index is -0.311. The molecule has 0 aromatic heterocycles. The first-order valence-corrected chi connectivity index (χ1v) is 7.17. The van der Waals surface area contributed by atoms with Gasteiger partial charge in [0.15, 0.2) is 0 Å². The van der Waals surface area contributed by atoms with Gasteiger partial charge < -0.3 is 5.21 Å². The predicted octanol–water partition coefficient (Wildman–Crippen LogP) is 3.31. The fraction of sp³-hybridized carbons (Fsp3) is 0.529. The Morgan fingerprint density at radius 3 is 2.15 bits per heavy atom. The number of hydrogen-bond donors (Lipinski definition) is 1. The van der Waals surface area contributed by atoms with Crippen molar-refractivity contribution in [1.29, 1.82) is 0 Å². The number of rotatable bonds is 4. The van der Waals surface area contributed by atoms with Crippen LogP contribution in [0.25, 0.3) is 0 Å². The van der Waals surface area contributed by atoms with E-state index in [0.717, 1.165) is 13.1 Å². The van der Waals surface area contributed by atoms with Crippen molar-refractivity contribution in [3.63, 3.8) is 0 Å². The molecule has 0 radical (unpaired) electrons. The minimum absolute atomic E-state index is 0.299. The standard InChI is InChI=1S/C17H26N2O/c1-16(2)11-15(17(3,4)19(16)20)13-18(5)12-14-9-7-6-8-10-14/h6-11,20H,12-13H2,1-5H3. The summed E-state index contributed by atoms with van der Waals surface area (Å²) in [4.78, 5) is 2.29. The van der Waals surface area contributed by atoms with Gasteiger partial charge in [0.2, 0.25) is 0 Å². The fourth-order valence-electron chi connectivity index (χ4n) is 3.00. The molecule has 1 aromatic carbocycles. The third-order valence-corrected chi connectivity index (χ3v) is 4.12. The van der Waals surface area contributed by atoms with Gasteiger partial charge in [-0.15, -0.1) is 0 Å². The van der Waals surface area contributed by atoms with Crippen LogP contribution < -0.4 is 0 Å². The predicted molar refractivity (Wildman–Crippen MR) is 82.6 cm³/mol. The van der Waals surface area contributed by atoms with Crippen LogP contribution in [-0.4, -0.2) is 39.8 Å². The maximum absolute atomic E-state index is 10.3. The summed E-state index contributed by atoms with van der Waals surface area (Å²) in [6.07, 6.45) is 2.19. The molecule has 3 heteroatoms. The SMILES string of the molecule is CN(CC1=CC(C)(C)N(O)C1(C)C)Cc1ccccc1. The highest BCUT2D eigenvalue weighted by molar-refractivity contribution is 5.31. The van der Waals surface area contributed by atoms with Crippen LogP contribution in [-0.2, 0) is 6.54 Å². The molecular weight excluding hydrogens is 248 g/mol. The Hall–Kier alpha value is -1.16. The monoisotopic (exact) mass is 274 g/mol. The van der Waals surface area contributed by atoms with E-state index in [1.54, 1.807) is 0 Å². The van der Waals surface area contributed by atoms with Gasteiger partial charge in [0.05, 0.1) is 11.1 Å². The molecule has 0 spiro atoms. The van der Waals surface area contributed by atoms with Gasteiger partial charge in [-0.1, -0.05) is 36.4 Å². The van der Waals surface area contributed by atoms with Gasteiger partial charge in [-0.3, -0.25) is 4.90 Å². The maximum atomic E-state index is 10.3. The summed E-state index contributed by atoms with van der Waals surface area (Å²) in [5.74, 6) is 0. The lowest BCUT2D eigenvalue weighted by Crippen LogP contribution is -2.48. The molecule has 1 aliphatic heterocycles. The summed E-state index contributed by atoms with van der Waals surface area (Å²) in [5, 5.41) is 11.8. The average Bonchev–Trinajstić information content (AvgIpc) is 2.51. The Bertz CT molecular complexity index is 491. The van der Waals surface area contributed by atoms with Gasteiger partial charge in [0.1, 0.15) is 0 Å². The van der Waals surface area contributed by atoms with Gasteiger partial charge in [-0.2, -0.15) is 5.06 Å². The summed E-state index contributed by atoms with van der Waals surface area (Å²) < 4.78 is 0. The average molecular weight is 274 g/mol. The lowest BCUT2D eigenvalue weighted by atomic mass is 9.96. The van der Waals surface area contributed by atoms with Crippen LogP contribution in [0.3, 0.4) is 0 Å². The van der Waals surface area contributed by atoms with E-state index in [2.05, 4.69) is 56.1 Å². The largest absolute Gasteiger partial charge is 0.312 e. The van der Waals surface area contributed by atoms with Crippen LogP contribution in [0.15, 0.2) is 42.0 Å². The van der Waals surface area contributed by atoms with E-state index in [4.69, 9.17) is 0 Å². The highest BCUT2D eigenvalue weighted by atomic mass is 16.5. The molecular formula is C17H26N2O. The molecule has 2 rings (SSSR count). The van der Waals surface area contributed by atoms with Crippen LogP contribution in [0.2, 0.25) is 0 Å². The quantitative estimate of drug-likeness (QED) is 0.853. The summed E-state index contributed by atoms with van der Waals surface area (Å²) in [7, 11) is 2.12. The van der Waals surface area contributed by atoms with Crippen molar-refractivity contribution in [2.75, 3.05) is 13.6 Å². The molecule has 0 aliphatic carbocycles. The first kappa shape index (κ1) is 15.2. The van der Waals surface area contributed by atoms with E-state index in [-0.39, 0.29) is 11.1 Å². The molecule has 0 atom stereocenters. The Labute approximate surface area is 122 Å². The van der Waals surface area contributed by atoms with Crippen LogP contribution >= 0.6 is 0 Å². The lowest BCUT2D eigenvalue weighted by molar-refractivity contribution is -0.185. The van der Waals surface area contributed by atoms with Crippen molar-refractivity contribution in [1.82, 2.24) is 9.96 Å². The number of likely N-dealkylation sites (N-methyl/N-ethyl adjacent to an activating group) is 1. The molecule has 0 fully saturated rings. The first-order valence-electron chi connectivity index (χ1n) is 7.17. The van der Waals surface area contributed by atoms with Crippen molar-refractivity contribution in [3.05, 3.63) is 47.5 Å². The van der Waals surface area contributed by atoms with Crippen LogP contribution in [0.4, 0.5) is 0 Å². The number of hydrogen-bond acceptors (Lipinski definition) is 3. The fourth-order valence-corrected chi connectivity index (χ4v) is 3.00. The zero-order valence-electron chi connectivity index (χ0n) is 13.2. The summed E-state index contributed by atoms with van der Waals surface area (Å²) in [6, 6.07) is 10.5. The highest BCUT2D eigenvalue weighted by Crippen LogP contribution is 2.38. The second-order valence-corrected chi connectivity index (χ2v) is 6.85. The number of hydroxylamine groups is 2. The molecule has 3 nitrogen and oxygen atoms in total. The van der Waals surface area contributed by atoms with Gasteiger partial charge in [-0.05, 0) is 45.9 Å². The van der Waals surface area contributed by atoms with Gasteiger partial charge >= 0.3 is 0 Å². The molecule has 0 amide bonds. The van der Waals surface area contributed by atoms with Crippen LogP contribution in [0, 0.1) is 0 Å². The van der Waals surface area contributed by atoms with E-state index >= 15 is 0 Å². The molecule has 0 unspecified atom stereocenters. The molecule has 0 saturated heterocycles. The normalized spacial score (nSPS) is 21.2. The lowest BCUT2D eigenvalue weighted by Gasteiger charge is -2.37.